The molecule has 2 aromatic heterocycles. The first-order chi connectivity index (χ1) is 13.1. The molecule has 138 valence electrons. The van der Waals surface area contributed by atoms with E-state index in [0.29, 0.717) is 16.5 Å². The number of halogens is 3. The molecule has 2 aromatic carbocycles. The quantitative estimate of drug-likeness (QED) is 0.384. The fraction of sp³-hybridized carbons (Fsp3) is 0.0588. The van der Waals surface area contributed by atoms with E-state index in [1.54, 1.807) is 16.2 Å². The number of H-pyrrole nitrogens is 1. The van der Waals surface area contributed by atoms with Gasteiger partial charge in [-0.15, -0.1) is 0 Å². The molecule has 0 bridgehead atoms. The van der Waals surface area contributed by atoms with Crippen molar-refractivity contribution in [1.29, 1.82) is 0 Å². The van der Waals surface area contributed by atoms with Gasteiger partial charge in [-0.3, -0.25) is 9.07 Å². The third-order valence-corrected chi connectivity index (χ3v) is 5.77. The Morgan fingerprint density at radius 2 is 2.07 bits per heavy atom. The molecule has 2 N–H and O–H groups in total. The van der Waals surface area contributed by atoms with Crippen LogP contribution in [0.4, 0.5) is 8.78 Å². The molecule has 10 heteroatoms. The van der Waals surface area contributed by atoms with Gasteiger partial charge in [-0.2, -0.15) is 5.10 Å². The minimum Gasteiger partial charge on any atom is -0.454 e. The van der Waals surface area contributed by atoms with E-state index in [1.165, 1.54) is 39.7 Å². The van der Waals surface area contributed by atoms with E-state index in [9.17, 15) is 13.9 Å². The predicted octanol–water partition coefficient (Wildman–Crippen LogP) is 4.84. The van der Waals surface area contributed by atoms with E-state index in [2.05, 4.69) is 36.4 Å². The molecular formula is C17H11F2IN4O2S. The Hall–Kier alpha value is -2.18. The average molecular weight is 500 g/mol. The number of aliphatic hydroxyl groups is 1. The molecule has 0 amide bonds. The second-order valence-corrected chi connectivity index (χ2v) is 7.26. The van der Waals surface area contributed by atoms with Gasteiger partial charge in [0.25, 0.3) is 0 Å². The Balaban J connectivity index is 1.80. The summed E-state index contributed by atoms with van der Waals surface area (Å²) < 4.78 is 36.3. The summed E-state index contributed by atoms with van der Waals surface area (Å²) in [6.07, 6.45) is 3.04. The van der Waals surface area contributed by atoms with Gasteiger partial charge in [0.05, 0.1) is 17.7 Å². The Bertz CT molecular complexity index is 1120. The highest BCUT2D eigenvalue weighted by Gasteiger charge is 2.19. The molecule has 27 heavy (non-hydrogen) atoms. The van der Waals surface area contributed by atoms with Crippen LogP contribution in [-0.2, 0) is 6.61 Å². The molecule has 0 spiro atoms. The van der Waals surface area contributed by atoms with Gasteiger partial charge >= 0.3 is 0 Å². The number of rotatable bonds is 5. The molecule has 4 rings (SSSR count). The lowest BCUT2D eigenvalue weighted by Crippen LogP contribution is -1.98. The third kappa shape index (κ3) is 3.28. The van der Waals surface area contributed by atoms with Crippen molar-refractivity contribution in [3.63, 3.8) is 0 Å². The van der Waals surface area contributed by atoms with Crippen molar-refractivity contribution < 1.29 is 18.6 Å². The molecule has 6 nitrogen and oxygen atoms in total. The summed E-state index contributed by atoms with van der Waals surface area (Å²) in [7, 11) is 1.38. The highest BCUT2D eigenvalue weighted by atomic mass is 127. The number of aromatic nitrogens is 4. The van der Waals surface area contributed by atoms with E-state index >= 15 is 0 Å². The van der Waals surface area contributed by atoms with Crippen molar-refractivity contribution in [1.82, 2.24) is 19.2 Å². The van der Waals surface area contributed by atoms with Crippen molar-refractivity contribution in [2.24, 2.45) is 0 Å². The Labute approximate surface area is 168 Å². The first-order valence-electron chi connectivity index (χ1n) is 7.68. The van der Waals surface area contributed by atoms with E-state index in [0.717, 1.165) is 0 Å². The molecule has 0 aliphatic carbocycles. The van der Waals surface area contributed by atoms with Gasteiger partial charge in [-0.05, 0) is 24.3 Å². The maximum atomic E-state index is 14.7. The van der Waals surface area contributed by atoms with Crippen LogP contribution in [0.15, 0.2) is 42.9 Å². The van der Waals surface area contributed by atoms with Gasteiger partial charge in [0.2, 0.25) is 0 Å². The van der Waals surface area contributed by atoms with Gasteiger partial charge in [0, 0.05) is 53.5 Å². The largest absolute Gasteiger partial charge is 0.454 e. The average Bonchev–Trinajstić information content (AvgIpc) is 3.33. The summed E-state index contributed by atoms with van der Waals surface area (Å²) in [5.74, 6) is -0.807. The number of ether oxygens (including phenoxy) is 1. The van der Waals surface area contributed by atoms with Crippen LogP contribution in [0.1, 0.15) is 5.56 Å². The maximum Gasteiger partial charge on any atom is 0.169 e. The maximum absolute atomic E-state index is 14.7. The molecule has 0 saturated carbocycles. The van der Waals surface area contributed by atoms with Crippen molar-refractivity contribution in [2.75, 3.05) is 0 Å². The van der Waals surface area contributed by atoms with Crippen molar-refractivity contribution in [3.8, 4) is 22.9 Å². The number of nitrogens with one attached hydrogen (secondary N) is 1. The number of aliphatic hydroxyl groups excluding tert-OH is 1. The van der Waals surface area contributed by atoms with Crippen LogP contribution >= 0.6 is 30.3 Å². The Kier molecular flexibility index (Phi) is 5.02. The number of nitrogens with zero attached hydrogens (tertiary/aromatic N) is 3. The lowest BCUT2D eigenvalue weighted by molar-refractivity contribution is 0.276. The van der Waals surface area contributed by atoms with Crippen LogP contribution in [0.25, 0.3) is 22.3 Å². The molecule has 0 aliphatic heterocycles. The number of hydrogen-bond donors (Lipinski definition) is 2. The number of aromatic amines is 1. The summed E-state index contributed by atoms with van der Waals surface area (Å²) in [5, 5.41) is 16.8. The van der Waals surface area contributed by atoms with Crippen LogP contribution in [0.2, 0.25) is 0 Å². The lowest BCUT2D eigenvalue weighted by Gasteiger charge is -2.13. The zero-order valence-corrected chi connectivity index (χ0v) is 16.5. The van der Waals surface area contributed by atoms with E-state index in [-0.39, 0.29) is 22.9 Å². The molecule has 0 atom stereocenters. The molecule has 0 saturated heterocycles. The number of fused-ring (bicyclic) bond motifs is 1. The SMILES string of the molecule is OCc1c(Oc2ccc(F)c(-c3ncn[nH]3)c2)c(F)cc2c1ccn2SI. The topological polar surface area (TPSA) is 76.0 Å². The Morgan fingerprint density at radius 3 is 2.78 bits per heavy atom. The number of hydrogen-bond acceptors (Lipinski definition) is 5. The molecular weight excluding hydrogens is 489 g/mol. The normalized spacial score (nSPS) is 11.3. The van der Waals surface area contributed by atoms with Gasteiger partial charge in [-0.25, -0.2) is 13.8 Å². The van der Waals surface area contributed by atoms with Gasteiger partial charge in [0.1, 0.15) is 17.9 Å². The van der Waals surface area contributed by atoms with Gasteiger partial charge in [0.15, 0.2) is 17.4 Å². The first kappa shape index (κ1) is 18.2. The molecule has 0 fully saturated rings. The van der Waals surface area contributed by atoms with E-state index < -0.39 is 18.2 Å². The fourth-order valence-electron chi connectivity index (χ4n) is 2.81. The van der Waals surface area contributed by atoms with Crippen LogP contribution in [0.5, 0.6) is 11.5 Å². The molecule has 0 unspecified atom stereocenters. The predicted molar refractivity (Wildman–Crippen MR) is 107 cm³/mol. The molecule has 2 heterocycles. The van der Waals surface area contributed by atoms with Crippen LogP contribution in [0, 0.1) is 11.6 Å². The van der Waals surface area contributed by atoms with Crippen molar-refractivity contribution in [2.45, 2.75) is 6.61 Å². The molecule has 0 aliphatic rings. The zero-order chi connectivity index (χ0) is 19.0. The van der Waals surface area contributed by atoms with Crippen molar-refractivity contribution in [3.05, 3.63) is 60.1 Å². The summed E-state index contributed by atoms with van der Waals surface area (Å²) in [6, 6.07) is 7.10. The second-order valence-electron chi connectivity index (χ2n) is 5.55. The summed E-state index contributed by atoms with van der Waals surface area (Å²) >= 11 is 2.09. The highest BCUT2D eigenvalue weighted by molar-refractivity contribution is 14.2. The number of benzene rings is 2. The summed E-state index contributed by atoms with van der Waals surface area (Å²) in [6.45, 7) is -0.407. The van der Waals surface area contributed by atoms with E-state index in [4.69, 9.17) is 4.74 Å². The van der Waals surface area contributed by atoms with Gasteiger partial charge < -0.3 is 9.84 Å². The Morgan fingerprint density at radius 1 is 1.22 bits per heavy atom. The smallest absolute Gasteiger partial charge is 0.169 e. The zero-order valence-electron chi connectivity index (χ0n) is 13.5. The van der Waals surface area contributed by atoms with E-state index in [1.807, 2.05) is 0 Å². The van der Waals surface area contributed by atoms with Crippen LogP contribution in [-0.4, -0.2) is 24.3 Å². The van der Waals surface area contributed by atoms with Crippen LogP contribution < -0.4 is 4.74 Å². The minimum atomic E-state index is -0.623. The first-order valence-corrected chi connectivity index (χ1v) is 11.0. The highest BCUT2D eigenvalue weighted by Crippen LogP contribution is 2.37. The third-order valence-electron chi connectivity index (χ3n) is 4.03. The summed E-state index contributed by atoms with van der Waals surface area (Å²) in [4.78, 5) is 3.92. The standard InChI is InChI=1S/C17H11F2IN4O2S/c18-13-2-1-9(5-11(13)17-21-8-22-23-17)26-16-12(7-25)10-3-4-24(27-20)15(10)6-14(16)19/h1-6,8,25H,7H2,(H,21,22,23). The van der Waals surface area contributed by atoms with Crippen LogP contribution in [0.3, 0.4) is 0 Å². The fourth-order valence-corrected chi connectivity index (χ4v) is 4.17. The summed E-state index contributed by atoms with van der Waals surface area (Å²) in [5.41, 5.74) is 1.09. The minimum absolute atomic E-state index is 0.101. The molecule has 4 aromatic rings. The monoisotopic (exact) mass is 500 g/mol. The second kappa shape index (κ2) is 7.44. The lowest BCUT2D eigenvalue weighted by atomic mass is 10.1. The van der Waals surface area contributed by atoms with Gasteiger partial charge in [-0.1, -0.05) is 0 Å². The van der Waals surface area contributed by atoms with Crippen molar-refractivity contribution >= 4 is 41.2 Å². The molecule has 0 radical (unpaired) electrons.